The lowest BCUT2D eigenvalue weighted by molar-refractivity contribution is -0.143. The SMILES string of the molecule is COC(=O)c1ccc(COC(=O)CNS(=O)(=O)c2ccc(Cl)cc2)cc1. The third-order valence-electron chi connectivity index (χ3n) is 3.31. The molecule has 0 unspecified atom stereocenters. The molecule has 1 N–H and O–H groups in total. The summed E-state index contributed by atoms with van der Waals surface area (Å²) < 4.78 is 35.8. The summed E-state index contributed by atoms with van der Waals surface area (Å²) in [6, 6.07) is 11.8. The fourth-order valence-electron chi connectivity index (χ4n) is 1.92. The number of rotatable bonds is 7. The number of benzene rings is 2. The maximum atomic E-state index is 12.0. The summed E-state index contributed by atoms with van der Waals surface area (Å²) in [6.07, 6.45) is 0. The van der Waals surface area contributed by atoms with Crippen LogP contribution in [0.4, 0.5) is 0 Å². The average molecular weight is 398 g/mol. The molecule has 0 fully saturated rings. The van der Waals surface area contributed by atoms with Gasteiger partial charge in [0.1, 0.15) is 13.2 Å². The van der Waals surface area contributed by atoms with Crippen LogP contribution < -0.4 is 4.72 Å². The monoisotopic (exact) mass is 397 g/mol. The van der Waals surface area contributed by atoms with E-state index in [0.29, 0.717) is 16.1 Å². The van der Waals surface area contributed by atoms with Crippen LogP contribution in [0.25, 0.3) is 0 Å². The van der Waals surface area contributed by atoms with Gasteiger partial charge in [-0.15, -0.1) is 0 Å². The first kappa shape index (κ1) is 19.9. The first-order chi connectivity index (χ1) is 12.3. The van der Waals surface area contributed by atoms with Crippen LogP contribution >= 0.6 is 11.6 Å². The highest BCUT2D eigenvalue weighted by Gasteiger charge is 2.16. The van der Waals surface area contributed by atoms with Crippen molar-refractivity contribution in [1.82, 2.24) is 4.72 Å². The van der Waals surface area contributed by atoms with Crippen molar-refractivity contribution < 1.29 is 27.5 Å². The molecule has 26 heavy (non-hydrogen) atoms. The number of halogens is 1. The van der Waals surface area contributed by atoms with Gasteiger partial charge in [0.2, 0.25) is 10.0 Å². The van der Waals surface area contributed by atoms with Gasteiger partial charge in [-0.25, -0.2) is 13.2 Å². The fourth-order valence-corrected chi connectivity index (χ4v) is 3.02. The maximum Gasteiger partial charge on any atom is 0.337 e. The second-order valence-electron chi connectivity index (χ2n) is 5.13. The third kappa shape index (κ3) is 5.55. The molecule has 0 aromatic heterocycles. The van der Waals surface area contributed by atoms with E-state index in [2.05, 4.69) is 9.46 Å². The molecule has 0 aliphatic heterocycles. The molecule has 7 nitrogen and oxygen atoms in total. The summed E-state index contributed by atoms with van der Waals surface area (Å²) in [5, 5.41) is 0.404. The van der Waals surface area contributed by atoms with Crippen molar-refractivity contribution in [3.63, 3.8) is 0 Å². The van der Waals surface area contributed by atoms with Crippen molar-refractivity contribution in [2.45, 2.75) is 11.5 Å². The molecule has 0 saturated heterocycles. The largest absolute Gasteiger partial charge is 0.465 e. The highest BCUT2D eigenvalue weighted by atomic mass is 35.5. The normalized spacial score (nSPS) is 11.0. The lowest BCUT2D eigenvalue weighted by atomic mass is 10.1. The van der Waals surface area contributed by atoms with Gasteiger partial charge in [0.25, 0.3) is 0 Å². The van der Waals surface area contributed by atoms with E-state index in [-0.39, 0.29) is 11.5 Å². The van der Waals surface area contributed by atoms with Crippen LogP contribution in [0.3, 0.4) is 0 Å². The molecular weight excluding hydrogens is 382 g/mol. The molecule has 0 aliphatic carbocycles. The van der Waals surface area contributed by atoms with Crippen molar-refractivity contribution >= 4 is 33.6 Å². The van der Waals surface area contributed by atoms with Crippen LogP contribution in [0.1, 0.15) is 15.9 Å². The van der Waals surface area contributed by atoms with Gasteiger partial charge >= 0.3 is 11.9 Å². The minimum Gasteiger partial charge on any atom is -0.465 e. The van der Waals surface area contributed by atoms with Crippen molar-refractivity contribution in [1.29, 1.82) is 0 Å². The zero-order chi connectivity index (χ0) is 19.2. The maximum absolute atomic E-state index is 12.0. The van der Waals surface area contributed by atoms with Crippen LogP contribution in [-0.2, 0) is 30.9 Å². The quantitative estimate of drug-likeness (QED) is 0.719. The van der Waals surface area contributed by atoms with Gasteiger partial charge in [0.15, 0.2) is 0 Å². The van der Waals surface area contributed by atoms with Crippen molar-refractivity contribution in [2.24, 2.45) is 0 Å². The first-order valence-corrected chi connectivity index (χ1v) is 9.26. The van der Waals surface area contributed by atoms with Gasteiger partial charge < -0.3 is 9.47 Å². The minimum absolute atomic E-state index is 0.00639. The number of hydrogen-bond acceptors (Lipinski definition) is 6. The summed E-state index contributed by atoms with van der Waals surface area (Å²) in [5.41, 5.74) is 1.02. The van der Waals surface area contributed by atoms with E-state index in [1.165, 1.54) is 43.5 Å². The van der Waals surface area contributed by atoms with E-state index < -0.39 is 28.5 Å². The first-order valence-electron chi connectivity index (χ1n) is 7.40. The number of ether oxygens (including phenoxy) is 2. The highest BCUT2D eigenvalue weighted by molar-refractivity contribution is 7.89. The number of carbonyl (C=O) groups is 2. The molecule has 0 heterocycles. The van der Waals surface area contributed by atoms with Gasteiger partial charge in [-0.2, -0.15) is 4.72 Å². The zero-order valence-electron chi connectivity index (χ0n) is 13.8. The number of nitrogens with one attached hydrogen (secondary N) is 1. The molecule has 0 radical (unpaired) electrons. The molecule has 0 bridgehead atoms. The summed E-state index contributed by atoms with van der Waals surface area (Å²) in [6.45, 7) is -0.561. The van der Waals surface area contributed by atoms with E-state index >= 15 is 0 Å². The Bertz CT molecular complexity index is 878. The number of sulfonamides is 1. The summed E-state index contributed by atoms with van der Waals surface area (Å²) >= 11 is 5.71. The second-order valence-corrected chi connectivity index (χ2v) is 7.33. The average Bonchev–Trinajstić information content (AvgIpc) is 2.65. The topological polar surface area (TPSA) is 98.8 Å². The number of carbonyl (C=O) groups excluding carboxylic acids is 2. The molecule has 0 aliphatic rings. The minimum atomic E-state index is -3.83. The molecule has 0 saturated carbocycles. The Morgan fingerprint density at radius 3 is 2.23 bits per heavy atom. The van der Waals surface area contributed by atoms with Crippen molar-refractivity contribution in [3.8, 4) is 0 Å². The number of esters is 2. The molecule has 138 valence electrons. The zero-order valence-corrected chi connectivity index (χ0v) is 15.3. The lowest BCUT2D eigenvalue weighted by Gasteiger charge is -2.08. The number of methoxy groups -OCH3 is 1. The molecule has 2 aromatic rings. The lowest BCUT2D eigenvalue weighted by Crippen LogP contribution is -2.30. The van der Waals surface area contributed by atoms with Crippen molar-refractivity contribution in [3.05, 3.63) is 64.7 Å². The van der Waals surface area contributed by atoms with Crippen molar-refractivity contribution in [2.75, 3.05) is 13.7 Å². The Labute approximate surface area is 155 Å². The van der Waals surface area contributed by atoms with E-state index in [1.54, 1.807) is 12.1 Å². The summed E-state index contributed by atoms with van der Waals surface area (Å²) in [4.78, 5) is 23.0. The van der Waals surface area contributed by atoms with Crippen LogP contribution in [0, 0.1) is 0 Å². The van der Waals surface area contributed by atoms with Gasteiger partial charge in [-0.05, 0) is 42.0 Å². The molecule has 9 heteroatoms. The Kier molecular flexibility index (Phi) is 6.73. The Morgan fingerprint density at radius 2 is 1.65 bits per heavy atom. The van der Waals surface area contributed by atoms with E-state index in [0.717, 1.165) is 0 Å². The predicted molar refractivity (Wildman–Crippen MR) is 94.2 cm³/mol. The van der Waals surface area contributed by atoms with Gasteiger partial charge in [-0.3, -0.25) is 4.79 Å². The third-order valence-corrected chi connectivity index (χ3v) is 4.97. The fraction of sp³-hybridized carbons (Fsp3) is 0.176. The van der Waals surface area contributed by atoms with E-state index in [9.17, 15) is 18.0 Å². The molecular formula is C17H16ClNO6S. The molecule has 0 amide bonds. The van der Waals surface area contributed by atoms with Crippen LogP contribution in [0.15, 0.2) is 53.4 Å². The van der Waals surface area contributed by atoms with E-state index in [1.807, 2.05) is 0 Å². The van der Waals surface area contributed by atoms with Crippen LogP contribution in [-0.4, -0.2) is 34.0 Å². The Morgan fingerprint density at radius 1 is 1.04 bits per heavy atom. The predicted octanol–water partition coefficient (Wildman–Crippen LogP) is 2.15. The second kappa shape index (κ2) is 8.79. The summed E-state index contributed by atoms with van der Waals surface area (Å²) in [7, 11) is -2.55. The number of hydrogen-bond donors (Lipinski definition) is 1. The molecule has 0 spiro atoms. The van der Waals surface area contributed by atoms with Crippen LogP contribution in [0.5, 0.6) is 0 Å². The standard InChI is InChI=1S/C17H16ClNO6S/c1-24-17(21)13-4-2-12(3-5-13)11-25-16(20)10-19-26(22,23)15-8-6-14(18)7-9-15/h2-9,19H,10-11H2,1H3. The molecule has 2 rings (SSSR count). The highest BCUT2D eigenvalue weighted by Crippen LogP contribution is 2.13. The van der Waals surface area contributed by atoms with Gasteiger partial charge in [-0.1, -0.05) is 23.7 Å². The molecule has 2 aromatic carbocycles. The molecule has 0 atom stereocenters. The Balaban J connectivity index is 1.85. The smallest absolute Gasteiger partial charge is 0.337 e. The summed E-state index contributed by atoms with van der Waals surface area (Å²) in [5.74, 6) is -1.20. The van der Waals surface area contributed by atoms with Crippen LogP contribution in [0.2, 0.25) is 5.02 Å². The Hall–Kier alpha value is -2.42. The van der Waals surface area contributed by atoms with Gasteiger partial charge in [0, 0.05) is 5.02 Å². The van der Waals surface area contributed by atoms with E-state index in [4.69, 9.17) is 16.3 Å². The van der Waals surface area contributed by atoms with Gasteiger partial charge in [0.05, 0.1) is 17.6 Å².